The van der Waals surface area contributed by atoms with E-state index < -0.39 is 9.84 Å². The van der Waals surface area contributed by atoms with Crippen molar-refractivity contribution in [3.63, 3.8) is 0 Å². The summed E-state index contributed by atoms with van der Waals surface area (Å²) >= 11 is 6.22. The van der Waals surface area contributed by atoms with Crippen LogP contribution in [0.2, 0.25) is 5.02 Å². The number of hydrogen-bond acceptors (Lipinski definition) is 8. The molecule has 2 aromatic rings. The summed E-state index contributed by atoms with van der Waals surface area (Å²) in [7, 11) is -3.67. The molecule has 3 fully saturated rings. The van der Waals surface area contributed by atoms with Crippen molar-refractivity contribution in [1.29, 1.82) is 0 Å². The van der Waals surface area contributed by atoms with Gasteiger partial charge in [0.2, 0.25) is 0 Å². The summed E-state index contributed by atoms with van der Waals surface area (Å²) in [5, 5.41) is 5.27. The van der Waals surface area contributed by atoms with Gasteiger partial charge in [0, 0.05) is 62.0 Å². The van der Waals surface area contributed by atoms with Crippen molar-refractivity contribution in [3.05, 3.63) is 34.5 Å². The van der Waals surface area contributed by atoms with Crippen molar-refractivity contribution < 1.29 is 22.7 Å². The second-order valence-corrected chi connectivity index (χ2v) is 12.9. The van der Waals surface area contributed by atoms with Crippen LogP contribution in [0, 0.1) is 0 Å². The highest BCUT2D eigenvalue weighted by atomic mass is 35.5. The lowest BCUT2D eigenvalue weighted by Gasteiger charge is -2.36. The third-order valence-corrected chi connectivity index (χ3v) is 9.95. The Labute approximate surface area is 228 Å². The number of amides is 1. The summed E-state index contributed by atoms with van der Waals surface area (Å²) < 4.78 is 39.6. The minimum atomic E-state index is -3.67. The summed E-state index contributed by atoms with van der Waals surface area (Å²) in [5.74, 6) is -0.481. The van der Waals surface area contributed by atoms with Crippen LogP contribution in [-0.4, -0.2) is 118 Å². The van der Waals surface area contributed by atoms with Gasteiger partial charge in [-0.05, 0) is 31.5 Å². The fourth-order valence-electron chi connectivity index (χ4n) is 6.00. The highest BCUT2D eigenvalue weighted by Gasteiger charge is 2.39. The van der Waals surface area contributed by atoms with Gasteiger partial charge in [0.25, 0.3) is 5.91 Å². The van der Waals surface area contributed by atoms with Gasteiger partial charge >= 0.3 is 0 Å². The van der Waals surface area contributed by atoms with Gasteiger partial charge in [0.1, 0.15) is 0 Å². The average Bonchev–Trinajstić information content (AvgIpc) is 3.31. The molecule has 0 saturated carbocycles. The quantitative estimate of drug-likeness (QED) is 0.544. The van der Waals surface area contributed by atoms with Crippen molar-refractivity contribution in [2.75, 3.05) is 78.8 Å². The van der Waals surface area contributed by atoms with Crippen LogP contribution in [0.4, 0.5) is 0 Å². The summed E-state index contributed by atoms with van der Waals surface area (Å²) in [6.07, 6.45) is 1.93. The molecule has 12 heteroatoms. The number of benzene rings is 1. The minimum Gasteiger partial charge on any atom is -0.379 e. The molecule has 1 atom stereocenters. The van der Waals surface area contributed by atoms with Gasteiger partial charge in [-0.15, -0.1) is 0 Å². The molecule has 0 N–H and O–H groups in total. The highest BCUT2D eigenvalue weighted by Crippen LogP contribution is 2.42. The molecule has 3 saturated heterocycles. The largest absolute Gasteiger partial charge is 0.379 e. The van der Waals surface area contributed by atoms with E-state index in [-0.39, 0.29) is 28.3 Å². The molecule has 1 aromatic carbocycles. The van der Waals surface area contributed by atoms with Crippen molar-refractivity contribution in [2.45, 2.75) is 29.5 Å². The van der Waals surface area contributed by atoms with Crippen molar-refractivity contribution in [1.82, 2.24) is 24.5 Å². The number of ether oxygens (including phenoxy) is 2. The molecule has 0 aliphatic carbocycles. The van der Waals surface area contributed by atoms with Gasteiger partial charge in [-0.1, -0.05) is 17.7 Å². The molecule has 1 aromatic heterocycles. The molecule has 1 unspecified atom stereocenters. The monoisotopic (exact) mass is 563 g/mol. The summed E-state index contributed by atoms with van der Waals surface area (Å²) in [5.41, 5.74) is 2.07. The highest BCUT2D eigenvalue weighted by molar-refractivity contribution is 7.91. The second kappa shape index (κ2) is 10.9. The van der Waals surface area contributed by atoms with Crippen LogP contribution in [-0.2, 0) is 25.1 Å². The van der Waals surface area contributed by atoms with Gasteiger partial charge in [-0.25, -0.2) is 8.42 Å². The Hall–Kier alpha value is -2.02. The zero-order chi connectivity index (χ0) is 26.3. The van der Waals surface area contributed by atoms with Crippen molar-refractivity contribution >= 4 is 27.3 Å². The number of halogens is 1. The predicted octanol–water partition coefficient (Wildman–Crippen LogP) is 1.93. The molecular weight excluding hydrogens is 530 g/mol. The smallest absolute Gasteiger partial charge is 0.274 e. The maximum absolute atomic E-state index is 13.6. The minimum absolute atomic E-state index is 0.0396. The fourth-order valence-corrected chi connectivity index (χ4v) is 7.85. The number of aromatic nitrogens is 2. The van der Waals surface area contributed by atoms with Crippen LogP contribution >= 0.6 is 11.6 Å². The van der Waals surface area contributed by atoms with E-state index in [2.05, 4.69) is 9.80 Å². The summed E-state index contributed by atoms with van der Waals surface area (Å²) in [6.45, 7) is 9.15. The number of fused-ring (bicyclic) bond motifs is 3. The van der Waals surface area contributed by atoms with E-state index in [1.54, 1.807) is 17.0 Å². The van der Waals surface area contributed by atoms with E-state index >= 15 is 0 Å². The van der Waals surface area contributed by atoms with Crippen molar-refractivity contribution in [2.24, 2.45) is 0 Å². The van der Waals surface area contributed by atoms with E-state index in [1.165, 1.54) is 6.07 Å². The molecule has 10 nitrogen and oxygen atoms in total. The van der Waals surface area contributed by atoms with E-state index in [4.69, 9.17) is 26.2 Å². The van der Waals surface area contributed by atoms with Crippen LogP contribution in [0.1, 0.15) is 34.9 Å². The number of nitrogens with zero attached hydrogens (tertiary/aromatic N) is 5. The zero-order valence-corrected chi connectivity index (χ0v) is 23.1. The number of carbonyl (C=O) groups is 1. The molecule has 5 heterocycles. The first-order chi connectivity index (χ1) is 18.4. The van der Waals surface area contributed by atoms with E-state index in [9.17, 15) is 13.2 Å². The topological polar surface area (TPSA) is 97.2 Å². The van der Waals surface area contributed by atoms with E-state index in [1.807, 2.05) is 4.68 Å². The first-order valence-electron chi connectivity index (χ1n) is 13.4. The summed E-state index contributed by atoms with van der Waals surface area (Å²) in [4.78, 5) is 20.5. The van der Waals surface area contributed by atoms with Crippen LogP contribution in [0.5, 0.6) is 0 Å². The number of sulfone groups is 1. The normalized spacial score (nSPS) is 24.1. The van der Waals surface area contributed by atoms with Gasteiger partial charge in [0.15, 0.2) is 15.5 Å². The fraction of sp³-hybridized carbons (Fsp3) is 0.615. The SMILES string of the molecule is O=C(c1nn(C2CCCN(CCN3CCOCC3)C2)c2c1CS(=O)(=O)c1cc(Cl)ccc1-2)N1CCOCC1. The van der Waals surface area contributed by atoms with Gasteiger partial charge in [-0.2, -0.15) is 5.10 Å². The van der Waals surface area contributed by atoms with Crippen molar-refractivity contribution in [3.8, 4) is 11.3 Å². The van der Waals surface area contributed by atoms with Gasteiger partial charge in [-0.3, -0.25) is 19.3 Å². The van der Waals surface area contributed by atoms with Crippen LogP contribution in [0.15, 0.2) is 23.1 Å². The molecule has 206 valence electrons. The summed E-state index contributed by atoms with van der Waals surface area (Å²) in [6, 6.07) is 5.03. The molecule has 0 spiro atoms. The molecule has 6 rings (SSSR count). The maximum Gasteiger partial charge on any atom is 0.274 e. The molecule has 38 heavy (non-hydrogen) atoms. The first kappa shape index (κ1) is 26.2. The number of hydrogen-bond donors (Lipinski definition) is 0. The predicted molar refractivity (Wildman–Crippen MR) is 142 cm³/mol. The molecule has 4 aliphatic rings. The molecule has 0 bridgehead atoms. The lowest BCUT2D eigenvalue weighted by molar-refractivity contribution is 0.0294. The van der Waals surface area contributed by atoms with Crippen LogP contribution in [0.3, 0.4) is 0 Å². The standard InChI is InChI=1S/C26H34ClN5O5S/c27-19-3-4-21-23(16-19)38(34,35)18-22-24(26(33)31-10-14-37-15-11-31)28-32(25(21)22)20-2-1-5-30(17-20)7-6-29-8-12-36-13-9-29/h3-4,16,20H,1-2,5-15,17-18H2. The molecule has 4 aliphatic heterocycles. The lowest BCUT2D eigenvalue weighted by Crippen LogP contribution is -2.44. The van der Waals surface area contributed by atoms with Crippen LogP contribution < -0.4 is 0 Å². The van der Waals surface area contributed by atoms with Gasteiger partial charge in [0.05, 0.1) is 48.8 Å². The van der Waals surface area contributed by atoms with E-state index in [0.717, 1.165) is 71.0 Å². The average molecular weight is 564 g/mol. The third kappa shape index (κ3) is 5.12. The Morgan fingerprint density at radius 2 is 1.71 bits per heavy atom. The Morgan fingerprint density at radius 3 is 2.47 bits per heavy atom. The Morgan fingerprint density at radius 1 is 1.00 bits per heavy atom. The lowest BCUT2D eigenvalue weighted by atomic mass is 10.0. The van der Waals surface area contributed by atoms with E-state index in [0.29, 0.717) is 42.5 Å². The first-order valence-corrected chi connectivity index (χ1v) is 15.5. The third-order valence-electron chi connectivity index (χ3n) is 8.04. The Kier molecular flexibility index (Phi) is 7.49. The van der Waals surface area contributed by atoms with Crippen LogP contribution in [0.25, 0.3) is 11.3 Å². The second-order valence-electron chi connectivity index (χ2n) is 10.5. The Balaban J connectivity index is 1.35. The number of likely N-dealkylation sites (tertiary alicyclic amines) is 1. The molecule has 1 amide bonds. The number of piperidine rings is 1. The number of rotatable bonds is 5. The molecule has 0 radical (unpaired) electrons. The molecular formula is C26H34ClN5O5S. The maximum atomic E-state index is 13.6. The number of morpholine rings is 2. The van der Waals surface area contributed by atoms with Gasteiger partial charge < -0.3 is 14.4 Å². The number of carbonyl (C=O) groups excluding carboxylic acids is 1. The zero-order valence-electron chi connectivity index (χ0n) is 21.5. The Bertz CT molecular complexity index is 1300.